The maximum absolute atomic E-state index is 12.4. The van der Waals surface area contributed by atoms with Gasteiger partial charge >= 0.3 is 0 Å². The fraction of sp³-hybridized carbons (Fsp3) is 0.111. The molecule has 0 spiro atoms. The third kappa shape index (κ3) is 2.91. The van der Waals surface area contributed by atoms with Gasteiger partial charge in [0, 0.05) is 11.9 Å². The van der Waals surface area contributed by atoms with E-state index in [9.17, 15) is 4.79 Å². The van der Waals surface area contributed by atoms with Gasteiger partial charge in [-0.25, -0.2) is 4.98 Å². The normalized spacial score (nSPS) is 10.4. The molecule has 4 heteroatoms. The van der Waals surface area contributed by atoms with E-state index in [1.165, 1.54) is 7.11 Å². The van der Waals surface area contributed by atoms with Crippen molar-refractivity contribution in [2.24, 2.45) is 0 Å². The second-order valence-corrected chi connectivity index (χ2v) is 4.91. The lowest BCUT2D eigenvalue weighted by Gasteiger charge is -2.10. The van der Waals surface area contributed by atoms with Crippen LogP contribution in [0.15, 0.2) is 60.7 Å². The van der Waals surface area contributed by atoms with Gasteiger partial charge in [0.1, 0.15) is 5.56 Å². The van der Waals surface area contributed by atoms with Crippen molar-refractivity contribution in [2.45, 2.75) is 6.54 Å². The van der Waals surface area contributed by atoms with Gasteiger partial charge in [-0.1, -0.05) is 48.5 Å². The van der Waals surface area contributed by atoms with Crippen LogP contribution in [0.4, 0.5) is 0 Å². The molecule has 0 saturated heterocycles. The Bertz CT molecular complexity index is 801. The van der Waals surface area contributed by atoms with E-state index in [-0.39, 0.29) is 5.91 Å². The Balaban J connectivity index is 1.86. The average Bonchev–Trinajstić information content (AvgIpc) is 2.59. The number of aromatic nitrogens is 1. The third-order valence-electron chi connectivity index (χ3n) is 3.42. The minimum atomic E-state index is -0.195. The number of ether oxygens (including phenoxy) is 1. The Morgan fingerprint density at radius 3 is 2.59 bits per heavy atom. The highest BCUT2D eigenvalue weighted by molar-refractivity contribution is 5.99. The van der Waals surface area contributed by atoms with Crippen molar-refractivity contribution in [3.63, 3.8) is 0 Å². The van der Waals surface area contributed by atoms with Crippen molar-refractivity contribution in [1.82, 2.24) is 10.3 Å². The number of carbonyl (C=O) groups excluding carboxylic acids is 1. The Morgan fingerprint density at radius 2 is 1.82 bits per heavy atom. The lowest BCUT2D eigenvalue weighted by Crippen LogP contribution is -2.23. The summed E-state index contributed by atoms with van der Waals surface area (Å²) >= 11 is 0. The van der Waals surface area contributed by atoms with Gasteiger partial charge in [0.05, 0.1) is 12.6 Å². The molecule has 0 aliphatic rings. The molecule has 22 heavy (non-hydrogen) atoms. The molecule has 0 atom stereocenters. The van der Waals surface area contributed by atoms with Crippen LogP contribution in [0.3, 0.4) is 0 Å². The van der Waals surface area contributed by atoms with Gasteiger partial charge in [0.15, 0.2) is 0 Å². The molecule has 3 aromatic rings. The van der Waals surface area contributed by atoms with E-state index in [0.717, 1.165) is 16.5 Å². The molecule has 110 valence electrons. The molecule has 1 aromatic heterocycles. The van der Waals surface area contributed by atoms with Crippen LogP contribution in [0.5, 0.6) is 5.88 Å². The van der Waals surface area contributed by atoms with Gasteiger partial charge in [-0.15, -0.1) is 0 Å². The standard InChI is InChI=1S/C18H16N2O2/c1-22-18-15(11-14-9-5-6-10-16(14)20-18)17(21)19-12-13-7-3-2-4-8-13/h2-11H,12H2,1H3,(H,19,21). The van der Waals surface area contributed by atoms with Crippen LogP contribution in [-0.2, 0) is 6.54 Å². The Kier molecular flexibility index (Phi) is 4.01. The zero-order chi connectivity index (χ0) is 15.4. The average molecular weight is 292 g/mol. The molecule has 1 amide bonds. The summed E-state index contributed by atoms with van der Waals surface area (Å²) in [6, 6.07) is 19.2. The maximum Gasteiger partial charge on any atom is 0.257 e. The van der Waals surface area contributed by atoms with Crippen molar-refractivity contribution >= 4 is 16.8 Å². The summed E-state index contributed by atoms with van der Waals surface area (Å²) in [6.07, 6.45) is 0. The van der Waals surface area contributed by atoms with Gasteiger partial charge < -0.3 is 10.1 Å². The number of rotatable bonds is 4. The van der Waals surface area contributed by atoms with E-state index < -0.39 is 0 Å². The van der Waals surface area contributed by atoms with Crippen LogP contribution in [0.25, 0.3) is 10.9 Å². The van der Waals surface area contributed by atoms with E-state index in [2.05, 4.69) is 10.3 Å². The molecule has 0 aliphatic heterocycles. The Morgan fingerprint density at radius 1 is 1.09 bits per heavy atom. The second-order valence-electron chi connectivity index (χ2n) is 4.91. The summed E-state index contributed by atoms with van der Waals surface area (Å²) in [6.45, 7) is 0.468. The smallest absolute Gasteiger partial charge is 0.257 e. The van der Waals surface area contributed by atoms with Crippen molar-refractivity contribution in [1.29, 1.82) is 0 Å². The molecule has 0 unspecified atom stereocenters. The molecule has 1 N–H and O–H groups in total. The summed E-state index contributed by atoms with van der Waals surface area (Å²) in [4.78, 5) is 16.8. The molecule has 0 saturated carbocycles. The minimum absolute atomic E-state index is 0.195. The Labute approximate surface area is 128 Å². The quantitative estimate of drug-likeness (QED) is 0.803. The van der Waals surface area contributed by atoms with E-state index in [4.69, 9.17) is 4.74 Å². The van der Waals surface area contributed by atoms with Gasteiger partial charge in [0.2, 0.25) is 5.88 Å². The van der Waals surface area contributed by atoms with Crippen molar-refractivity contribution in [3.8, 4) is 5.88 Å². The molecule has 0 bridgehead atoms. The molecule has 0 radical (unpaired) electrons. The zero-order valence-corrected chi connectivity index (χ0v) is 12.2. The van der Waals surface area contributed by atoms with Crippen LogP contribution >= 0.6 is 0 Å². The first kappa shape index (κ1) is 14.1. The van der Waals surface area contributed by atoms with E-state index >= 15 is 0 Å². The third-order valence-corrected chi connectivity index (χ3v) is 3.42. The minimum Gasteiger partial charge on any atom is -0.480 e. The molecule has 2 aromatic carbocycles. The van der Waals surface area contributed by atoms with Crippen LogP contribution in [-0.4, -0.2) is 18.0 Å². The zero-order valence-electron chi connectivity index (χ0n) is 12.2. The maximum atomic E-state index is 12.4. The van der Waals surface area contributed by atoms with E-state index in [0.29, 0.717) is 18.0 Å². The van der Waals surface area contributed by atoms with Crippen LogP contribution in [0.1, 0.15) is 15.9 Å². The molecule has 1 heterocycles. The van der Waals surface area contributed by atoms with Crippen LogP contribution in [0, 0.1) is 0 Å². The number of hydrogen-bond acceptors (Lipinski definition) is 3. The number of nitrogens with zero attached hydrogens (tertiary/aromatic N) is 1. The number of carbonyl (C=O) groups is 1. The highest BCUT2D eigenvalue weighted by atomic mass is 16.5. The van der Waals surface area contributed by atoms with E-state index in [1.807, 2.05) is 60.7 Å². The number of benzene rings is 2. The Hall–Kier alpha value is -2.88. The summed E-state index contributed by atoms with van der Waals surface area (Å²) in [5.74, 6) is 0.142. The van der Waals surface area contributed by atoms with Gasteiger partial charge in [-0.05, 0) is 17.7 Å². The predicted octanol–water partition coefficient (Wildman–Crippen LogP) is 3.17. The second kappa shape index (κ2) is 6.26. The predicted molar refractivity (Wildman–Crippen MR) is 85.9 cm³/mol. The number of pyridine rings is 1. The summed E-state index contributed by atoms with van der Waals surface area (Å²) < 4.78 is 5.25. The van der Waals surface area contributed by atoms with Crippen molar-refractivity contribution < 1.29 is 9.53 Å². The largest absolute Gasteiger partial charge is 0.480 e. The first-order chi connectivity index (χ1) is 10.8. The molecule has 4 nitrogen and oxygen atoms in total. The van der Waals surface area contributed by atoms with Crippen LogP contribution < -0.4 is 10.1 Å². The van der Waals surface area contributed by atoms with Gasteiger partial charge in [0.25, 0.3) is 5.91 Å². The molecule has 0 aliphatic carbocycles. The summed E-state index contributed by atoms with van der Waals surface area (Å²) in [5, 5.41) is 3.81. The SMILES string of the molecule is COc1nc2ccccc2cc1C(=O)NCc1ccccc1. The first-order valence-electron chi connectivity index (χ1n) is 7.04. The lowest BCUT2D eigenvalue weighted by molar-refractivity contribution is 0.0947. The highest BCUT2D eigenvalue weighted by Gasteiger charge is 2.14. The lowest BCUT2D eigenvalue weighted by atomic mass is 10.1. The number of nitrogens with one attached hydrogen (secondary N) is 1. The number of para-hydroxylation sites is 1. The molecule has 0 fully saturated rings. The monoisotopic (exact) mass is 292 g/mol. The number of hydrogen-bond donors (Lipinski definition) is 1. The highest BCUT2D eigenvalue weighted by Crippen LogP contribution is 2.22. The fourth-order valence-corrected chi connectivity index (χ4v) is 2.29. The van der Waals surface area contributed by atoms with E-state index in [1.54, 1.807) is 0 Å². The number of amides is 1. The molecular formula is C18H16N2O2. The van der Waals surface area contributed by atoms with Gasteiger partial charge in [-0.2, -0.15) is 0 Å². The van der Waals surface area contributed by atoms with Gasteiger partial charge in [-0.3, -0.25) is 4.79 Å². The fourth-order valence-electron chi connectivity index (χ4n) is 2.29. The first-order valence-corrected chi connectivity index (χ1v) is 7.04. The van der Waals surface area contributed by atoms with Crippen molar-refractivity contribution in [3.05, 3.63) is 71.8 Å². The number of methoxy groups -OCH3 is 1. The topological polar surface area (TPSA) is 51.2 Å². The van der Waals surface area contributed by atoms with Crippen molar-refractivity contribution in [2.75, 3.05) is 7.11 Å². The van der Waals surface area contributed by atoms with Crippen LogP contribution in [0.2, 0.25) is 0 Å². The molecule has 3 rings (SSSR count). The summed E-state index contributed by atoms with van der Waals surface area (Å²) in [7, 11) is 1.52. The summed E-state index contributed by atoms with van der Waals surface area (Å²) in [5.41, 5.74) is 2.29. The number of fused-ring (bicyclic) bond motifs is 1. The molecular weight excluding hydrogens is 276 g/mol.